The molecule has 0 aliphatic carbocycles. The first-order chi connectivity index (χ1) is 11.5. The minimum atomic E-state index is -0.538. The van der Waals surface area contributed by atoms with Crippen LogP contribution in [0.3, 0.4) is 0 Å². The number of fused-ring (bicyclic) bond motifs is 1. The van der Waals surface area contributed by atoms with Gasteiger partial charge in [-0.15, -0.1) is 0 Å². The first-order valence-corrected chi connectivity index (χ1v) is 8.31. The summed E-state index contributed by atoms with van der Waals surface area (Å²) in [4.78, 5) is 30.0. The molecule has 2 N–H and O–H groups in total. The van der Waals surface area contributed by atoms with E-state index in [0.717, 1.165) is 22.9 Å². The van der Waals surface area contributed by atoms with Crippen molar-refractivity contribution in [3.63, 3.8) is 0 Å². The lowest BCUT2D eigenvalue weighted by atomic mass is 9.91. The smallest absolute Gasteiger partial charge is 0.290 e. The molecule has 2 heterocycles. The fourth-order valence-electron chi connectivity index (χ4n) is 3.33. The summed E-state index contributed by atoms with van der Waals surface area (Å²) < 4.78 is 0. The van der Waals surface area contributed by atoms with Gasteiger partial charge in [-0.2, -0.15) is 0 Å². The van der Waals surface area contributed by atoms with E-state index in [4.69, 9.17) is 0 Å². The maximum Gasteiger partial charge on any atom is 0.290 e. The molecular formula is C19H22N2O3. The van der Waals surface area contributed by atoms with Crippen molar-refractivity contribution >= 4 is 22.6 Å². The highest BCUT2D eigenvalue weighted by atomic mass is 16.3. The van der Waals surface area contributed by atoms with Gasteiger partial charge in [-0.3, -0.25) is 9.59 Å². The average molecular weight is 326 g/mol. The van der Waals surface area contributed by atoms with E-state index in [9.17, 15) is 14.7 Å². The number of ketones is 1. The number of nitrogens with one attached hydrogen (secondary N) is 1. The number of nitrogens with zero attached hydrogens (tertiary/aromatic N) is 1. The van der Waals surface area contributed by atoms with Crippen LogP contribution in [0.2, 0.25) is 0 Å². The largest absolute Gasteiger partial charge is 0.503 e. The second-order valence-corrected chi connectivity index (χ2v) is 6.47. The molecule has 1 aromatic heterocycles. The number of aliphatic hydroxyl groups is 1. The number of hydrogen-bond donors (Lipinski definition) is 2. The van der Waals surface area contributed by atoms with E-state index in [1.165, 1.54) is 0 Å². The zero-order chi connectivity index (χ0) is 17.4. The van der Waals surface area contributed by atoms with Crippen LogP contribution in [0.15, 0.2) is 41.8 Å². The van der Waals surface area contributed by atoms with Gasteiger partial charge in [0.1, 0.15) is 0 Å². The number of Topliss-reactive ketones (excluding diaryl/α,β-unsaturated/α-hetero) is 1. The van der Waals surface area contributed by atoms with Crippen molar-refractivity contribution in [3.05, 3.63) is 47.4 Å². The van der Waals surface area contributed by atoms with E-state index < -0.39 is 17.7 Å². The maximum absolute atomic E-state index is 12.7. The van der Waals surface area contributed by atoms with Gasteiger partial charge < -0.3 is 15.0 Å². The number of amides is 1. The van der Waals surface area contributed by atoms with E-state index in [0.29, 0.717) is 6.54 Å². The lowest BCUT2D eigenvalue weighted by Crippen LogP contribution is -2.32. The highest BCUT2D eigenvalue weighted by Gasteiger charge is 2.44. The van der Waals surface area contributed by atoms with Crippen LogP contribution < -0.4 is 0 Å². The average Bonchev–Trinajstić information content (AvgIpc) is 3.09. The molecule has 126 valence electrons. The molecule has 0 spiro atoms. The van der Waals surface area contributed by atoms with E-state index in [-0.39, 0.29) is 17.3 Å². The summed E-state index contributed by atoms with van der Waals surface area (Å²) in [6, 6.07) is 7.23. The Balaban J connectivity index is 2.19. The third-order valence-electron chi connectivity index (χ3n) is 4.47. The highest BCUT2D eigenvalue weighted by molar-refractivity contribution is 6.10. The van der Waals surface area contributed by atoms with Gasteiger partial charge in [-0.25, -0.2) is 0 Å². The molecule has 5 heteroatoms. The standard InChI is InChI=1S/C19H22N2O3/c1-4-9-21-16(13-10-20-14-8-6-5-7-12(13)14)15(17(22)11(2)3)18(23)19(21)24/h5-8,10-11,16,20,23H,4,9H2,1-3H3. The van der Waals surface area contributed by atoms with Crippen molar-refractivity contribution in [2.45, 2.75) is 33.2 Å². The number of para-hydroxylation sites is 1. The van der Waals surface area contributed by atoms with Crippen LogP contribution in [0.4, 0.5) is 0 Å². The molecular weight excluding hydrogens is 304 g/mol. The molecule has 2 aromatic rings. The number of carbonyl (C=O) groups is 2. The predicted molar refractivity (Wildman–Crippen MR) is 92.5 cm³/mol. The summed E-state index contributed by atoms with van der Waals surface area (Å²) in [5.41, 5.74) is 2.01. The third kappa shape index (κ3) is 2.40. The van der Waals surface area contributed by atoms with Gasteiger partial charge in [-0.05, 0) is 12.5 Å². The molecule has 1 aromatic carbocycles. The van der Waals surface area contributed by atoms with Crippen molar-refractivity contribution < 1.29 is 14.7 Å². The maximum atomic E-state index is 12.7. The van der Waals surface area contributed by atoms with Gasteiger partial charge in [0.15, 0.2) is 11.5 Å². The van der Waals surface area contributed by atoms with Crippen LogP contribution >= 0.6 is 0 Å². The van der Waals surface area contributed by atoms with Crippen LogP contribution in [0.1, 0.15) is 38.8 Å². The third-order valence-corrected chi connectivity index (χ3v) is 4.47. The lowest BCUT2D eigenvalue weighted by molar-refractivity contribution is -0.129. The second-order valence-electron chi connectivity index (χ2n) is 6.47. The Morgan fingerprint density at radius 2 is 2.04 bits per heavy atom. The SMILES string of the molecule is CCCN1C(=O)C(O)=C(C(=O)C(C)C)C1c1c[nH]c2ccccc12. The normalized spacial score (nSPS) is 18.2. The highest BCUT2D eigenvalue weighted by Crippen LogP contribution is 2.41. The van der Waals surface area contributed by atoms with E-state index >= 15 is 0 Å². The summed E-state index contributed by atoms with van der Waals surface area (Å²) in [5.74, 6) is -1.34. The van der Waals surface area contributed by atoms with E-state index in [2.05, 4.69) is 4.98 Å². The zero-order valence-corrected chi connectivity index (χ0v) is 14.2. The van der Waals surface area contributed by atoms with Crippen LogP contribution in [0, 0.1) is 5.92 Å². The summed E-state index contributed by atoms with van der Waals surface area (Å²) in [6.45, 7) is 6.02. The van der Waals surface area contributed by atoms with Crippen molar-refractivity contribution in [2.75, 3.05) is 6.54 Å². The minimum Gasteiger partial charge on any atom is -0.503 e. The Morgan fingerprint density at radius 3 is 2.71 bits per heavy atom. The first-order valence-electron chi connectivity index (χ1n) is 8.31. The molecule has 0 bridgehead atoms. The molecule has 0 fully saturated rings. The second kappa shape index (κ2) is 6.15. The zero-order valence-electron chi connectivity index (χ0n) is 14.2. The Kier molecular flexibility index (Phi) is 4.18. The van der Waals surface area contributed by atoms with Gasteiger partial charge in [0, 0.05) is 35.1 Å². The van der Waals surface area contributed by atoms with E-state index in [1.54, 1.807) is 18.7 Å². The number of hydrogen-bond acceptors (Lipinski definition) is 3. The van der Waals surface area contributed by atoms with Gasteiger partial charge in [0.25, 0.3) is 5.91 Å². The van der Waals surface area contributed by atoms with Crippen LogP contribution in [0.25, 0.3) is 10.9 Å². The first kappa shape index (κ1) is 16.3. The summed E-state index contributed by atoms with van der Waals surface area (Å²) in [6.07, 6.45) is 2.58. The van der Waals surface area contributed by atoms with Gasteiger partial charge in [0.05, 0.1) is 11.6 Å². The van der Waals surface area contributed by atoms with E-state index in [1.807, 2.05) is 37.4 Å². The lowest BCUT2D eigenvalue weighted by Gasteiger charge is -2.26. The fourth-order valence-corrected chi connectivity index (χ4v) is 3.33. The monoisotopic (exact) mass is 326 g/mol. The molecule has 24 heavy (non-hydrogen) atoms. The Labute approximate surface area is 141 Å². The van der Waals surface area contributed by atoms with Crippen molar-refractivity contribution in [1.82, 2.24) is 9.88 Å². The molecule has 0 saturated carbocycles. The number of aliphatic hydroxyl groups excluding tert-OH is 1. The number of H-pyrrole nitrogens is 1. The number of benzene rings is 1. The quantitative estimate of drug-likeness (QED) is 0.883. The number of rotatable bonds is 5. The Hall–Kier alpha value is -2.56. The molecule has 1 atom stereocenters. The molecule has 1 amide bonds. The van der Waals surface area contributed by atoms with Crippen molar-refractivity contribution in [2.24, 2.45) is 5.92 Å². The fraction of sp³-hybridized carbons (Fsp3) is 0.368. The van der Waals surface area contributed by atoms with Crippen molar-refractivity contribution in [1.29, 1.82) is 0 Å². The predicted octanol–water partition coefficient (Wildman–Crippen LogP) is 3.50. The molecule has 0 saturated heterocycles. The van der Waals surface area contributed by atoms with Gasteiger partial charge in [0.2, 0.25) is 0 Å². The number of aromatic nitrogens is 1. The number of aromatic amines is 1. The van der Waals surface area contributed by atoms with Crippen LogP contribution in [0.5, 0.6) is 0 Å². The van der Waals surface area contributed by atoms with Gasteiger partial charge >= 0.3 is 0 Å². The number of carbonyl (C=O) groups excluding carboxylic acids is 2. The molecule has 1 aliphatic rings. The van der Waals surface area contributed by atoms with Gasteiger partial charge in [-0.1, -0.05) is 39.0 Å². The molecule has 1 aliphatic heterocycles. The molecule has 5 nitrogen and oxygen atoms in total. The molecule has 1 unspecified atom stereocenters. The Morgan fingerprint density at radius 1 is 1.33 bits per heavy atom. The Bertz CT molecular complexity index is 832. The molecule has 0 radical (unpaired) electrons. The molecule has 3 rings (SSSR count). The summed E-state index contributed by atoms with van der Waals surface area (Å²) >= 11 is 0. The minimum absolute atomic E-state index is 0.185. The topological polar surface area (TPSA) is 73.4 Å². The summed E-state index contributed by atoms with van der Waals surface area (Å²) in [7, 11) is 0. The summed E-state index contributed by atoms with van der Waals surface area (Å²) in [5, 5.41) is 11.3. The van der Waals surface area contributed by atoms with Crippen molar-refractivity contribution in [3.8, 4) is 0 Å². The van der Waals surface area contributed by atoms with Crippen LogP contribution in [-0.2, 0) is 9.59 Å². The van der Waals surface area contributed by atoms with Crippen LogP contribution in [-0.4, -0.2) is 33.2 Å².